The minimum atomic E-state index is -0.894. The van der Waals surface area contributed by atoms with Gasteiger partial charge in [0.15, 0.2) is 0 Å². The van der Waals surface area contributed by atoms with E-state index in [0.717, 1.165) is 0 Å². The van der Waals surface area contributed by atoms with Gasteiger partial charge in [-0.25, -0.2) is 5.23 Å². The van der Waals surface area contributed by atoms with Crippen LogP contribution >= 0.6 is 0 Å². The van der Waals surface area contributed by atoms with Gasteiger partial charge in [-0.2, -0.15) is 0 Å². The summed E-state index contributed by atoms with van der Waals surface area (Å²) in [5.41, 5.74) is -0.894. The van der Waals surface area contributed by atoms with Gasteiger partial charge in [0.2, 0.25) is 0 Å². The summed E-state index contributed by atoms with van der Waals surface area (Å²) in [5.74, 6) is 0. The van der Waals surface area contributed by atoms with Gasteiger partial charge in [0.25, 0.3) is 0 Å². The second kappa shape index (κ2) is 3.12. The largest absolute Gasteiger partial charge is 0.760 e. The Morgan fingerprint density at radius 2 is 1.78 bits per heavy atom. The van der Waals surface area contributed by atoms with E-state index in [1.165, 1.54) is 14.2 Å². The molecule has 0 saturated carbocycles. The Morgan fingerprint density at radius 1 is 1.33 bits per heavy atom. The van der Waals surface area contributed by atoms with Crippen LogP contribution in [0.1, 0.15) is 13.8 Å². The van der Waals surface area contributed by atoms with E-state index in [2.05, 4.69) is 4.84 Å². The average molecular weight is 134 g/mol. The molecule has 0 aromatic rings. The first-order valence-electron chi connectivity index (χ1n) is 2.61. The first-order chi connectivity index (χ1) is 4.04. The SMILES string of the molecule is CON([O-])C(C)(C)OC. The van der Waals surface area contributed by atoms with Gasteiger partial charge in [-0.3, -0.25) is 0 Å². The monoisotopic (exact) mass is 134 g/mol. The standard InChI is InChI=1S/C5H12NO3/c1-5(2,8-3)6(7)9-4/h1-4H3/q-1. The van der Waals surface area contributed by atoms with Crippen LogP contribution in [0.15, 0.2) is 0 Å². The fourth-order valence-corrected chi connectivity index (χ4v) is 0.294. The normalized spacial score (nSPS) is 12.7. The van der Waals surface area contributed by atoms with Gasteiger partial charge >= 0.3 is 0 Å². The van der Waals surface area contributed by atoms with Crippen LogP contribution in [0.4, 0.5) is 0 Å². The predicted octanol–water partition coefficient (Wildman–Crippen LogP) is 0.730. The van der Waals surface area contributed by atoms with Crippen LogP contribution in [-0.2, 0) is 9.57 Å². The maximum Gasteiger partial charge on any atom is 0.125 e. The van der Waals surface area contributed by atoms with Gasteiger partial charge in [-0.05, 0) is 13.8 Å². The number of rotatable bonds is 3. The summed E-state index contributed by atoms with van der Waals surface area (Å²) in [5, 5.41) is 11.0. The van der Waals surface area contributed by atoms with Crippen LogP contribution in [0.25, 0.3) is 0 Å². The summed E-state index contributed by atoms with van der Waals surface area (Å²) in [7, 11) is 2.75. The molecule has 0 atom stereocenters. The Balaban J connectivity index is 3.80. The average Bonchev–Trinajstić information content (AvgIpc) is 1.86. The van der Waals surface area contributed by atoms with Gasteiger partial charge in [0.05, 0.1) is 7.11 Å². The van der Waals surface area contributed by atoms with Gasteiger partial charge in [-0.15, -0.1) is 0 Å². The second-order valence-corrected chi connectivity index (χ2v) is 2.09. The van der Waals surface area contributed by atoms with Crippen LogP contribution in [0.5, 0.6) is 0 Å². The second-order valence-electron chi connectivity index (χ2n) is 2.09. The summed E-state index contributed by atoms with van der Waals surface area (Å²) < 4.78 is 4.78. The number of hydrogen-bond donors (Lipinski definition) is 0. The first kappa shape index (κ1) is 8.84. The maximum atomic E-state index is 10.6. The van der Waals surface area contributed by atoms with Crippen molar-refractivity contribution in [2.75, 3.05) is 14.2 Å². The molecule has 4 nitrogen and oxygen atoms in total. The third-order valence-electron chi connectivity index (χ3n) is 1.11. The lowest BCUT2D eigenvalue weighted by molar-refractivity contribution is -0.244. The summed E-state index contributed by atoms with van der Waals surface area (Å²) >= 11 is 0. The molecule has 0 fully saturated rings. The molecule has 56 valence electrons. The van der Waals surface area contributed by atoms with Crippen molar-refractivity contribution < 1.29 is 9.57 Å². The van der Waals surface area contributed by atoms with E-state index < -0.39 is 5.72 Å². The summed E-state index contributed by atoms with van der Waals surface area (Å²) in [6.07, 6.45) is 0. The highest BCUT2D eigenvalue weighted by molar-refractivity contribution is 4.62. The van der Waals surface area contributed by atoms with Gasteiger partial charge < -0.3 is 14.8 Å². The van der Waals surface area contributed by atoms with Crippen molar-refractivity contribution in [1.29, 1.82) is 0 Å². The molecule has 0 rings (SSSR count). The molecule has 0 N–H and O–H groups in total. The quantitative estimate of drug-likeness (QED) is 0.421. The molecule has 0 aliphatic heterocycles. The van der Waals surface area contributed by atoms with Crippen molar-refractivity contribution in [3.05, 3.63) is 5.21 Å². The minimum absolute atomic E-state index is 0.396. The van der Waals surface area contributed by atoms with E-state index in [1.807, 2.05) is 0 Å². The number of ether oxygens (including phenoxy) is 1. The van der Waals surface area contributed by atoms with E-state index in [9.17, 15) is 5.21 Å². The van der Waals surface area contributed by atoms with E-state index in [0.29, 0.717) is 5.23 Å². The zero-order chi connectivity index (χ0) is 7.49. The maximum absolute atomic E-state index is 10.6. The van der Waals surface area contributed by atoms with Gasteiger partial charge in [0.1, 0.15) is 5.72 Å². The van der Waals surface area contributed by atoms with Crippen molar-refractivity contribution >= 4 is 0 Å². The zero-order valence-electron chi connectivity index (χ0n) is 6.17. The Hall–Kier alpha value is -0.160. The molecule has 0 radical (unpaired) electrons. The third-order valence-corrected chi connectivity index (χ3v) is 1.11. The number of nitrogens with zero attached hydrogens (tertiary/aromatic N) is 1. The van der Waals surface area contributed by atoms with Gasteiger partial charge in [-0.1, -0.05) is 0 Å². The molecule has 0 unspecified atom stereocenters. The molecule has 0 spiro atoms. The predicted molar refractivity (Wildman–Crippen MR) is 33.3 cm³/mol. The topological polar surface area (TPSA) is 44.8 Å². The Kier molecular flexibility index (Phi) is 3.07. The lowest BCUT2D eigenvalue weighted by Gasteiger charge is -2.39. The van der Waals surface area contributed by atoms with Crippen molar-refractivity contribution in [2.24, 2.45) is 0 Å². The number of hydrogen-bond acceptors (Lipinski definition) is 4. The highest BCUT2D eigenvalue weighted by Gasteiger charge is 2.17. The summed E-state index contributed by atoms with van der Waals surface area (Å²) in [6.45, 7) is 3.23. The Morgan fingerprint density at radius 3 is 1.89 bits per heavy atom. The van der Waals surface area contributed by atoms with Gasteiger partial charge in [0, 0.05) is 7.11 Å². The molecule has 9 heavy (non-hydrogen) atoms. The molecule has 0 aliphatic carbocycles. The zero-order valence-corrected chi connectivity index (χ0v) is 6.17. The van der Waals surface area contributed by atoms with Crippen LogP contribution in [0, 0.1) is 5.21 Å². The van der Waals surface area contributed by atoms with Crippen molar-refractivity contribution in [3.8, 4) is 0 Å². The molecule has 0 saturated heterocycles. The van der Waals surface area contributed by atoms with Crippen LogP contribution in [0.3, 0.4) is 0 Å². The smallest absolute Gasteiger partial charge is 0.125 e. The van der Waals surface area contributed by atoms with E-state index in [-0.39, 0.29) is 0 Å². The van der Waals surface area contributed by atoms with E-state index in [4.69, 9.17) is 4.74 Å². The molecule has 0 amide bonds. The molecule has 0 bridgehead atoms. The van der Waals surface area contributed by atoms with Crippen LogP contribution < -0.4 is 0 Å². The van der Waals surface area contributed by atoms with Crippen LogP contribution in [-0.4, -0.2) is 25.2 Å². The molecule has 0 aromatic heterocycles. The molecule has 0 aliphatic rings. The molecule has 0 aromatic carbocycles. The van der Waals surface area contributed by atoms with Crippen molar-refractivity contribution in [1.82, 2.24) is 5.23 Å². The lowest BCUT2D eigenvalue weighted by Crippen LogP contribution is -2.40. The number of hydroxylamine groups is 2. The highest BCUT2D eigenvalue weighted by atomic mass is 16.9. The Bertz CT molecular complexity index is 84.3. The molecule has 0 heterocycles. The fraction of sp³-hybridized carbons (Fsp3) is 1.00. The highest BCUT2D eigenvalue weighted by Crippen LogP contribution is 2.12. The van der Waals surface area contributed by atoms with Crippen LogP contribution in [0.2, 0.25) is 0 Å². The minimum Gasteiger partial charge on any atom is -0.760 e. The van der Waals surface area contributed by atoms with E-state index >= 15 is 0 Å². The van der Waals surface area contributed by atoms with E-state index in [1.54, 1.807) is 13.8 Å². The van der Waals surface area contributed by atoms with Crippen molar-refractivity contribution in [3.63, 3.8) is 0 Å². The lowest BCUT2D eigenvalue weighted by atomic mass is 10.3. The van der Waals surface area contributed by atoms with Crippen molar-refractivity contribution in [2.45, 2.75) is 19.6 Å². The number of methoxy groups -OCH3 is 1. The summed E-state index contributed by atoms with van der Waals surface area (Å²) in [6, 6.07) is 0. The first-order valence-corrected chi connectivity index (χ1v) is 2.61. The Labute approximate surface area is 54.9 Å². The fourth-order valence-electron chi connectivity index (χ4n) is 0.294. The molecular formula is C5H12NO3-. The third kappa shape index (κ3) is 2.28. The summed E-state index contributed by atoms with van der Waals surface area (Å²) in [4.78, 5) is 4.36. The molecular weight excluding hydrogens is 122 g/mol. The molecule has 4 heteroatoms.